The lowest BCUT2D eigenvalue weighted by Crippen LogP contribution is -2.52. The van der Waals surface area contributed by atoms with Crippen LogP contribution in [0.1, 0.15) is 5.82 Å². The molecule has 0 amide bonds. The summed E-state index contributed by atoms with van der Waals surface area (Å²) in [5.41, 5.74) is 0. The lowest BCUT2D eigenvalue weighted by molar-refractivity contribution is -0.989. The fraction of sp³-hybridized carbons (Fsp3) is 0.500. The summed E-state index contributed by atoms with van der Waals surface area (Å²) in [5.74, 6) is -6.01. The molecule has 1 rings (SSSR count). The standard InChI is InChI=1S/C2N8O8/c11-7(12)2(8(13)14,9(15)16)1-3-4-5-6(1)10(17)18. The maximum absolute atomic E-state index is 10.6. The molecule has 0 aliphatic carbocycles. The van der Waals surface area contributed by atoms with Crippen LogP contribution in [0.2, 0.25) is 0 Å². The number of hydrogen-bond acceptors (Lipinski definition) is 11. The summed E-state index contributed by atoms with van der Waals surface area (Å²) >= 11 is 0. The smallest absolute Gasteiger partial charge is 0.339 e. The van der Waals surface area contributed by atoms with Crippen molar-refractivity contribution >= 4 is 0 Å². The van der Waals surface area contributed by atoms with E-state index < -0.39 is 36.2 Å². The lowest BCUT2D eigenvalue weighted by Gasteiger charge is -2.04. The third-order valence-corrected chi connectivity index (χ3v) is 1.67. The Labute approximate surface area is 93.4 Å². The summed E-state index contributed by atoms with van der Waals surface area (Å²) in [6.45, 7) is 0. The van der Waals surface area contributed by atoms with Gasteiger partial charge in [-0.3, -0.25) is 30.3 Å². The summed E-state index contributed by atoms with van der Waals surface area (Å²) < 4.78 is 0. The van der Waals surface area contributed by atoms with Crippen molar-refractivity contribution in [3.05, 3.63) is 46.3 Å². The number of nitrogens with zero attached hydrogens (tertiary/aromatic N) is 8. The Morgan fingerprint density at radius 3 is 1.72 bits per heavy atom. The molecular formula is C2N8O8. The minimum Gasteiger partial charge on any atom is -0.339 e. The van der Waals surface area contributed by atoms with Gasteiger partial charge in [-0.15, -0.1) is 0 Å². The van der Waals surface area contributed by atoms with Crippen LogP contribution in [0, 0.1) is 40.5 Å². The van der Waals surface area contributed by atoms with Gasteiger partial charge in [-0.25, -0.2) is 0 Å². The maximum Gasteiger partial charge on any atom is 0.771 e. The van der Waals surface area contributed by atoms with Crippen LogP contribution in [-0.2, 0) is 5.79 Å². The van der Waals surface area contributed by atoms with Crippen LogP contribution in [0.15, 0.2) is 0 Å². The highest BCUT2D eigenvalue weighted by Crippen LogP contribution is 2.23. The number of rotatable bonds is 5. The molecule has 0 radical (unpaired) electrons. The van der Waals surface area contributed by atoms with Crippen molar-refractivity contribution in [1.82, 2.24) is 20.3 Å². The van der Waals surface area contributed by atoms with Crippen molar-refractivity contribution in [3.63, 3.8) is 0 Å². The molecule has 0 fully saturated rings. The lowest BCUT2D eigenvalue weighted by atomic mass is 10.3. The van der Waals surface area contributed by atoms with Crippen LogP contribution in [-0.4, -0.2) is 40.1 Å². The van der Waals surface area contributed by atoms with Gasteiger partial charge in [0.15, 0.2) is 14.8 Å². The normalized spacial score (nSPS) is 10.9. The van der Waals surface area contributed by atoms with E-state index in [4.69, 9.17) is 0 Å². The van der Waals surface area contributed by atoms with Gasteiger partial charge in [0, 0.05) is 0 Å². The first-order valence-electron chi connectivity index (χ1n) is 3.63. The summed E-state index contributed by atoms with van der Waals surface area (Å²) in [7, 11) is 0. The third kappa shape index (κ3) is 1.44. The van der Waals surface area contributed by atoms with Crippen LogP contribution in [0.4, 0.5) is 0 Å². The molecule has 0 saturated carbocycles. The van der Waals surface area contributed by atoms with Gasteiger partial charge in [0.2, 0.25) is 5.21 Å². The van der Waals surface area contributed by atoms with Crippen molar-refractivity contribution < 1.29 is 19.8 Å². The summed E-state index contributed by atoms with van der Waals surface area (Å²) in [6.07, 6.45) is 0. The van der Waals surface area contributed by atoms with Crippen LogP contribution in [0.25, 0.3) is 0 Å². The van der Waals surface area contributed by atoms with Gasteiger partial charge in [0.1, 0.15) is 5.21 Å². The van der Waals surface area contributed by atoms with Crippen molar-refractivity contribution in [1.29, 1.82) is 0 Å². The number of tetrazole rings is 1. The molecule has 0 aliphatic rings. The molecule has 0 atom stereocenters. The van der Waals surface area contributed by atoms with Crippen molar-refractivity contribution in [2.24, 2.45) is 0 Å². The van der Waals surface area contributed by atoms with E-state index in [1.54, 1.807) is 0 Å². The first kappa shape index (κ1) is 12.7. The minimum atomic E-state index is -4.25. The summed E-state index contributed by atoms with van der Waals surface area (Å²) in [5, 5.41) is 48.3. The van der Waals surface area contributed by atoms with E-state index in [-0.39, 0.29) is 0 Å². The van der Waals surface area contributed by atoms with Crippen LogP contribution in [0.3, 0.4) is 0 Å². The molecule has 0 unspecified atom stereocenters. The van der Waals surface area contributed by atoms with E-state index in [0.717, 1.165) is 0 Å². The van der Waals surface area contributed by atoms with E-state index in [1.807, 2.05) is 0 Å². The van der Waals surface area contributed by atoms with Crippen LogP contribution in [0.5, 0.6) is 0 Å². The van der Waals surface area contributed by atoms with E-state index >= 15 is 0 Å². The molecule has 18 heavy (non-hydrogen) atoms. The Morgan fingerprint density at radius 2 is 1.39 bits per heavy atom. The van der Waals surface area contributed by atoms with E-state index in [0.29, 0.717) is 0 Å². The second-order valence-electron chi connectivity index (χ2n) is 2.54. The number of hydrogen-bond donors (Lipinski definition) is 0. The van der Waals surface area contributed by atoms with E-state index in [2.05, 4.69) is 15.5 Å². The van der Waals surface area contributed by atoms with Crippen molar-refractivity contribution in [2.45, 2.75) is 5.79 Å². The largest absolute Gasteiger partial charge is 0.771 e. The Hall–Kier alpha value is -3.33. The van der Waals surface area contributed by atoms with Crippen LogP contribution < -0.4 is 0 Å². The molecular weight excluding hydrogens is 264 g/mol. The zero-order valence-corrected chi connectivity index (χ0v) is 7.84. The van der Waals surface area contributed by atoms with Gasteiger partial charge >= 0.3 is 11.6 Å². The molecule has 1 heterocycles. The van der Waals surface area contributed by atoms with Gasteiger partial charge in [0.25, 0.3) is 0 Å². The Kier molecular flexibility index (Phi) is 2.77. The molecule has 0 N–H and O–H groups in total. The first-order chi connectivity index (χ1) is 8.26. The fourth-order valence-corrected chi connectivity index (χ4v) is 0.939. The number of aromatic nitrogens is 4. The highest BCUT2D eigenvalue weighted by molar-refractivity contribution is 4.85. The molecule has 16 heteroatoms. The average Bonchev–Trinajstić information content (AvgIpc) is 2.65. The summed E-state index contributed by atoms with van der Waals surface area (Å²) in [6, 6.07) is 0. The quantitative estimate of drug-likeness (QED) is 0.311. The van der Waals surface area contributed by atoms with E-state index in [9.17, 15) is 40.5 Å². The fourth-order valence-electron chi connectivity index (χ4n) is 0.939. The molecule has 96 valence electrons. The molecule has 0 bridgehead atoms. The van der Waals surface area contributed by atoms with Gasteiger partial charge in [-0.05, 0) is 0 Å². The molecule has 0 spiro atoms. The van der Waals surface area contributed by atoms with Crippen molar-refractivity contribution in [2.75, 3.05) is 0 Å². The SMILES string of the molecule is O=[N+]([O-])n1nnnc1C([N+](=O)[O-])([N+](=O)[O-])[N+](=O)[O-]. The second kappa shape index (κ2) is 3.92. The monoisotopic (exact) mass is 264 g/mol. The minimum absolute atomic E-state index is 0.617. The van der Waals surface area contributed by atoms with Gasteiger partial charge in [-0.2, -0.15) is 0 Å². The molecule has 1 aromatic heterocycles. The molecule has 0 aliphatic heterocycles. The first-order valence-corrected chi connectivity index (χ1v) is 3.63. The second-order valence-corrected chi connectivity index (χ2v) is 2.54. The predicted octanol–water partition coefficient (Wildman–Crippen LogP) is -2.35. The van der Waals surface area contributed by atoms with E-state index in [1.165, 1.54) is 0 Å². The molecule has 0 aromatic carbocycles. The average molecular weight is 264 g/mol. The molecule has 1 aromatic rings. The Balaban J connectivity index is 3.68. The van der Waals surface area contributed by atoms with Gasteiger partial charge in [0.05, 0.1) is 9.82 Å². The number of nitro groups is 4. The maximum atomic E-state index is 10.6. The Bertz CT molecular complexity index is 509. The van der Waals surface area contributed by atoms with Crippen LogP contribution >= 0.6 is 0 Å². The highest BCUT2D eigenvalue weighted by atomic mass is 16.7. The van der Waals surface area contributed by atoms with Crippen molar-refractivity contribution in [3.8, 4) is 0 Å². The Morgan fingerprint density at radius 1 is 0.944 bits per heavy atom. The zero-order valence-electron chi connectivity index (χ0n) is 7.84. The van der Waals surface area contributed by atoms with Gasteiger partial charge in [-0.1, -0.05) is 5.10 Å². The zero-order chi connectivity index (χ0) is 14.1. The topological polar surface area (TPSA) is 216 Å². The highest BCUT2D eigenvalue weighted by Gasteiger charge is 2.79. The van der Waals surface area contributed by atoms with Gasteiger partial charge < -0.3 is 10.1 Å². The summed E-state index contributed by atoms with van der Waals surface area (Å²) in [4.78, 5) is 35.6. The molecule has 16 nitrogen and oxygen atoms in total. The molecule has 0 saturated heterocycles. The predicted molar refractivity (Wildman–Crippen MR) is 42.9 cm³/mol. The third-order valence-electron chi connectivity index (χ3n) is 1.67.